The number of carbonyl (C=O) groups is 3. The van der Waals surface area contributed by atoms with Gasteiger partial charge in [0.25, 0.3) is 0 Å². The van der Waals surface area contributed by atoms with Crippen molar-refractivity contribution in [3.63, 3.8) is 0 Å². The molecule has 2 aromatic rings. The van der Waals surface area contributed by atoms with Gasteiger partial charge in [0.15, 0.2) is 0 Å². The van der Waals surface area contributed by atoms with E-state index in [0.29, 0.717) is 43.9 Å². The predicted molar refractivity (Wildman–Crippen MR) is 123 cm³/mol. The lowest BCUT2D eigenvalue weighted by atomic mass is 10.0. The van der Waals surface area contributed by atoms with Crippen LogP contribution in [0.1, 0.15) is 18.1 Å². The van der Waals surface area contributed by atoms with E-state index in [-0.39, 0.29) is 17.8 Å². The fourth-order valence-corrected chi connectivity index (χ4v) is 3.62. The Morgan fingerprint density at radius 1 is 1.00 bits per heavy atom. The summed E-state index contributed by atoms with van der Waals surface area (Å²) in [6, 6.07) is 15.1. The van der Waals surface area contributed by atoms with Gasteiger partial charge < -0.3 is 25.2 Å². The molecule has 1 fully saturated rings. The number of rotatable bonds is 6. The fourth-order valence-electron chi connectivity index (χ4n) is 3.62. The lowest BCUT2D eigenvalue weighted by Crippen LogP contribution is -2.56. The number of methoxy groups -OCH3 is 1. The molecule has 9 heteroatoms. The van der Waals surface area contributed by atoms with Crippen LogP contribution in [0.25, 0.3) is 0 Å². The molecule has 1 saturated heterocycles. The molecule has 1 unspecified atom stereocenters. The first kappa shape index (κ1) is 23.6. The maximum absolute atomic E-state index is 13.1. The zero-order chi connectivity index (χ0) is 23.8. The molecule has 1 heterocycles. The third-order valence-corrected chi connectivity index (χ3v) is 5.42. The van der Waals surface area contributed by atoms with E-state index < -0.39 is 6.04 Å². The molecule has 0 aromatic heterocycles. The van der Waals surface area contributed by atoms with Gasteiger partial charge in [-0.05, 0) is 42.0 Å². The molecule has 2 N–H and O–H groups in total. The quantitative estimate of drug-likeness (QED) is 0.700. The largest absolute Gasteiger partial charge is 0.497 e. The number of amides is 4. The molecule has 1 atom stereocenters. The lowest BCUT2D eigenvalue weighted by molar-refractivity contribution is -0.137. The Balaban J connectivity index is 1.57. The number of nitriles is 1. The van der Waals surface area contributed by atoms with Crippen LogP contribution in [0.5, 0.6) is 5.75 Å². The van der Waals surface area contributed by atoms with Gasteiger partial charge in [0.05, 0.1) is 18.7 Å². The van der Waals surface area contributed by atoms with Gasteiger partial charge in [0.2, 0.25) is 11.8 Å². The van der Waals surface area contributed by atoms with E-state index in [1.807, 2.05) is 30.3 Å². The number of piperazine rings is 1. The molecule has 0 radical (unpaired) electrons. The molecule has 1 aliphatic heterocycles. The van der Waals surface area contributed by atoms with Gasteiger partial charge in [-0.3, -0.25) is 9.59 Å². The molecular formula is C24H27N5O4. The molecule has 0 bridgehead atoms. The first-order valence-corrected chi connectivity index (χ1v) is 10.6. The second-order valence-electron chi connectivity index (χ2n) is 7.74. The molecular weight excluding hydrogens is 422 g/mol. The summed E-state index contributed by atoms with van der Waals surface area (Å²) in [4.78, 5) is 40.7. The van der Waals surface area contributed by atoms with Crippen molar-refractivity contribution >= 4 is 23.5 Å². The van der Waals surface area contributed by atoms with E-state index in [0.717, 1.165) is 11.3 Å². The number of urea groups is 1. The third-order valence-electron chi connectivity index (χ3n) is 5.42. The van der Waals surface area contributed by atoms with Crippen molar-refractivity contribution in [1.29, 1.82) is 5.26 Å². The van der Waals surface area contributed by atoms with Crippen molar-refractivity contribution in [1.82, 2.24) is 15.1 Å². The van der Waals surface area contributed by atoms with Crippen LogP contribution in [-0.4, -0.2) is 67.0 Å². The molecule has 0 spiro atoms. The average molecular weight is 450 g/mol. The molecule has 0 aliphatic carbocycles. The highest BCUT2D eigenvalue weighted by Crippen LogP contribution is 2.15. The van der Waals surface area contributed by atoms with E-state index in [1.165, 1.54) is 6.92 Å². The molecule has 4 amide bonds. The second-order valence-corrected chi connectivity index (χ2v) is 7.74. The van der Waals surface area contributed by atoms with Gasteiger partial charge in [-0.2, -0.15) is 5.26 Å². The standard InChI is InChI=1S/C24H27N5O4/c1-17(30)26-22(15-18-5-9-21(33-2)10-6-18)23(31)28-11-13-29(14-12-28)24(32)27-20-7-3-19(16-25)4-8-20/h3-10,22H,11-15H2,1-2H3,(H,26,30)(H,27,32). The summed E-state index contributed by atoms with van der Waals surface area (Å²) < 4.78 is 5.16. The zero-order valence-corrected chi connectivity index (χ0v) is 18.7. The Hall–Kier alpha value is -4.06. The van der Waals surface area contributed by atoms with E-state index in [2.05, 4.69) is 10.6 Å². The number of ether oxygens (including phenoxy) is 1. The summed E-state index contributed by atoms with van der Waals surface area (Å²) in [5.41, 5.74) is 2.02. The van der Waals surface area contributed by atoms with Crippen LogP contribution in [0.15, 0.2) is 48.5 Å². The van der Waals surface area contributed by atoms with Crippen LogP contribution in [0.2, 0.25) is 0 Å². The fraction of sp³-hybridized carbons (Fsp3) is 0.333. The van der Waals surface area contributed by atoms with Crippen molar-refractivity contribution in [3.05, 3.63) is 59.7 Å². The van der Waals surface area contributed by atoms with Gasteiger partial charge in [-0.25, -0.2) is 4.79 Å². The Labute approximate surface area is 192 Å². The highest BCUT2D eigenvalue weighted by Gasteiger charge is 2.29. The number of carbonyl (C=O) groups excluding carboxylic acids is 3. The number of nitrogens with zero attached hydrogens (tertiary/aromatic N) is 3. The second kappa shape index (κ2) is 11.0. The van der Waals surface area contributed by atoms with Crippen LogP contribution in [0, 0.1) is 11.3 Å². The number of nitrogens with one attached hydrogen (secondary N) is 2. The summed E-state index contributed by atoms with van der Waals surface area (Å²) in [7, 11) is 1.59. The molecule has 0 saturated carbocycles. The van der Waals surface area contributed by atoms with Crippen LogP contribution in [-0.2, 0) is 16.0 Å². The van der Waals surface area contributed by atoms with Crippen molar-refractivity contribution in [2.24, 2.45) is 0 Å². The highest BCUT2D eigenvalue weighted by molar-refractivity contribution is 5.90. The minimum absolute atomic E-state index is 0.173. The Kier molecular flexibility index (Phi) is 7.86. The SMILES string of the molecule is COc1ccc(CC(NC(C)=O)C(=O)N2CCN(C(=O)Nc3ccc(C#N)cc3)CC2)cc1. The molecule has 2 aromatic carbocycles. The van der Waals surface area contributed by atoms with E-state index in [4.69, 9.17) is 10.00 Å². The van der Waals surface area contributed by atoms with Gasteiger partial charge in [-0.15, -0.1) is 0 Å². The first-order valence-electron chi connectivity index (χ1n) is 10.6. The van der Waals surface area contributed by atoms with Crippen LogP contribution in [0.4, 0.5) is 10.5 Å². The highest BCUT2D eigenvalue weighted by atomic mass is 16.5. The van der Waals surface area contributed by atoms with Crippen molar-refractivity contribution in [2.45, 2.75) is 19.4 Å². The monoisotopic (exact) mass is 449 g/mol. The molecule has 3 rings (SSSR count). The predicted octanol–water partition coefficient (Wildman–Crippen LogP) is 1.99. The van der Waals surface area contributed by atoms with Gasteiger partial charge in [0, 0.05) is 45.2 Å². The van der Waals surface area contributed by atoms with Crippen molar-refractivity contribution in [2.75, 3.05) is 38.6 Å². The molecule has 1 aliphatic rings. The van der Waals surface area contributed by atoms with Crippen molar-refractivity contribution < 1.29 is 19.1 Å². The third kappa shape index (κ3) is 6.46. The Bertz CT molecular complexity index is 1020. The van der Waals surface area contributed by atoms with E-state index in [9.17, 15) is 14.4 Å². The summed E-state index contributed by atoms with van der Waals surface area (Å²) in [6.07, 6.45) is 0.363. The van der Waals surface area contributed by atoms with Crippen LogP contribution in [0.3, 0.4) is 0 Å². The van der Waals surface area contributed by atoms with E-state index >= 15 is 0 Å². The summed E-state index contributed by atoms with van der Waals surface area (Å²) in [5.74, 6) is 0.270. The smallest absolute Gasteiger partial charge is 0.321 e. The normalized spacial score (nSPS) is 14.1. The van der Waals surface area contributed by atoms with E-state index in [1.54, 1.807) is 41.2 Å². The van der Waals surface area contributed by atoms with Crippen molar-refractivity contribution in [3.8, 4) is 11.8 Å². The molecule has 9 nitrogen and oxygen atoms in total. The first-order chi connectivity index (χ1) is 15.9. The summed E-state index contributed by atoms with van der Waals surface area (Å²) in [5, 5.41) is 14.4. The maximum Gasteiger partial charge on any atom is 0.321 e. The van der Waals surface area contributed by atoms with Crippen LogP contribution >= 0.6 is 0 Å². The number of hydrogen-bond acceptors (Lipinski definition) is 5. The maximum atomic E-state index is 13.1. The number of benzene rings is 2. The molecule has 33 heavy (non-hydrogen) atoms. The Morgan fingerprint density at radius 2 is 1.61 bits per heavy atom. The number of anilines is 1. The topological polar surface area (TPSA) is 115 Å². The lowest BCUT2D eigenvalue weighted by Gasteiger charge is -2.36. The van der Waals surface area contributed by atoms with Gasteiger partial charge in [0.1, 0.15) is 11.8 Å². The van der Waals surface area contributed by atoms with Gasteiger partial charge in [-0.1, -0.05) is 12.1 Å². The summed E-state index contributed by atoms with van der Waals surface area (Å²) in [6.45, 7) is 2.89. The molecule has 172 valence electrons. The summed E-state index contributed by atoms with van der Waals surface area (Å²) >= 11 is 0. The van der Waals surface area contributed by atoms with Crippen LogP contribution < -0.4 is 15.4 Å². The average Bonchev–Trinajstić information content (AvgIpc) is 2.84. The zero-order valence-electron chi connectivity index (χ0n) is 18.7. The van der Waals surface area contributed by atoms with Gasteiger partial charge >= 0.3 is 6.03 Å². The Morgan fingerprint density at radius 3 is 2.15 bits per heavy atom. The minimum Gasteiger partial charge on any atom is -0.497 e. The number of hydrogen-bond donors (Lipinski definition) is 2. The minimum atomic E-state index is -0.685.